The van der Waals surface area contributed by atoms with Gasteiger partial charge < -0.3 is 4.74 Å². The summed E-state index contributed by atoms with van der Waals surface area (Å²) in [7, 11) is 0. The first kappa shape index (κ1) is 6.42. The van der Waals surface area contributed by atoms with Gasteiger partial charge in [0.25, 0.3) is 0 Å². The van der Waals surface area contributed by atoms with Gasteiger partial charge in [-0.15, -0.1) is 0 Å². The molecule has 4 aliphatic rings. The van der Waals surface area contributed by atoms with Crippen molar-refractivity contribution in [3.63, 3.8) is 0 Å². The van der Waals surface area contributed by atoms with Gasteiger partial charge in [-0.05, 0) is 56.8 Å². The Morgan fingerprint density at radius 1 is 0.917 bits per heavy atom. The highest BCUT2D eigenvalue weighted by Gasteiger charge is 2.70. The molecule has 0 aromatic heterocycles. The molecule has 4 rings (SSSR count). The molecular weight excluding hydrogens is 148 g/mol. The van der Waals surface area contributed by atoms with Gasteiger partial charge >= 0.3 is 0 Å². The van der Waals surface area contributed by atoms with Crippen LogP contribution in [0, 0.1) is 11.8 Å². The monoisotopic (exact) mass is 164 g/mol. The van der Waals surface area contributed by atoms with Gasteiger partial charge in [0.2, 0.25) is 0 Å². The van der Waals surface area contributed by atoms with E-state index in [1.165, 1.54) is 44.9 Å². The van der Waals surface area contributed by atoms with E-state index < -0.39 is 0 Å². The van der Waals surface area contributed by atoms with Crippen LogP contribution in [0.25, 0.3) is 0 Å². The lowest BCUT2D eigenvalue weighted by Crippen LogP contribution is -2.38. The predicted molar refractivity (Wildman–Crippen MR) is 45.8 cm³/mol. The maximum absolute atomic E-state index is 6.37. The first-order valence-corrected chi connectivity index (χ1v) is 5.53. The fourth-order valence-electron chi connectivity index (χ4n) is 3.87. The molecule has 2 aliphatic carbocycles. The van der Waals surface area contributed by atoms with Crippen LogP contribution in [0.1, 0.15) is 44.9 Å². The van der Waals surface area contributed by atoms with E-state index >= 15 is 0 Å². The van der Waals surface area contributed by atoms with Gasteiger partial charge in [-0.3, -0.25) is 0 Å². The molecule has 66 valence electrons. The standard InChI is InChI=1S/C11H16O/c1-4-10(8-2-3-8)6-9-7-11(9,5-1)12-10/h8-9H,1-7H2/t9-,10+,11+/m0/s1. The molecule has 0 N–H and O–H groups in total. The van der Waals surface area contributed by atoms with Crippen molar-refractivity contribution < 1.29 is 4.74 Å². The Labute approximate surface area is 73.5 Å². The lowest BCUT2D eigenvalue weighted by molar-refractivity contribution is -0.123. The molecular formula is C11H16O. The first-order chi connectivity index (χ1) is 5.83. The first-order valence-electron chi connectivity index (χ1n) is 5.53. The zero-order chi connectivity index (χ0) is 7.81. The molecule has 0 unspecified atom stereocenters. The number of hydrogen-bond donors (Lipinski definition) is 0. The molecule has 1 heteroatoms. The van der Waals surface area contributed by atoms with Crippen LogP contribution >= 0.6 is 0 Å². The third-order valence-corrected chi connectivity index (χ3v) is 4.70. The van der Waals surface area contributed by atoms with Crippen molar-refractivity contribution >= 4 is 0 Å². The Bertz CT molecular complexity index is 245. The van der Waals surface area contributed by atoms with E-state index in [-0.39, 0.29) is 0 Å². The average Bonchev–Trinajstić information content (AvgIpc) is 2.89. The Hall–Kier alpha value is -0.0400. The molecule has 0 aromatic rings. The van der Waals surface area contributed by atoms with Gasteiger partial charge in [-0.25, -0.2) is 0 Å². The van der Waals surface area contributed by atoms with Crippen LogP contribution in [0.4, 0.5) is 0 Å². The van der Waals surface area contributed by atoms with Crippen LogP contribution in [-0.2, 0) is 4.74 Å². The quantitative estimate of drug-likeness (QED) is 0.578. The molecule has 12 heavy (non-hydrogen) atoms. The second kappa shape index (κ2) is 1.61. The minimum atomic E-state index is 0.418. The van der Waals surface area contributed by atoms with E-state index in [0.29, 0.717) is 11.2 Å². The van der Waals surface area contributed by atoms with Gasteiger partial charge in [-0.1, -0.05) is 0 Å². The molecule has 2 aliphatic heterocycles. The summed E-state index contributed by atoms with van der Waals surface area (Å²) < 4.78 is 6.37. The molecule has 0 amide bonds. The van der Waals surface area contributed by atoms with E-state index in [1.807, 2.05) is 0 Å². The minimum absolute atomic E-state index is 0.418. The zero-order valence-corrected chi connectivity index (χ0v) is 7.51. The van der Waals surface area contributed by atoms with Crippen molar-refractivity contribution in [2.45, 2.75) is 56.1 Å². The van der Waals surface area contributed by atoms with E-state index in [0.717, 1.165) is 11.8 Å². The van der Waals surface area contributed by atoms with Crippen LogP contribution in [0.15, 0.2) is 0 Å². The molecule has 4 fully saturated rings. The molecule has 3 atom stereocenters. The van der Waals surface area contributed by atoms with Gasteiger partial charge in [-0.2, -0.15) is 0 Å². The summed E-state index contributed by atoms with van der Waals surface area (Å²) in [6, 6.07) is 0. The van der Waals surface area contributed by atoms with E-state index in [1.54, 1.807) is 0 Å². The van der Waals surface area contributed by atoms with Gasteiger partial charge in [0.1, 0.15) is 0 Å². The zero-order valence-electron chi connectivity index (χ0n) is 7.51. The van der Waals surface area contributed by atoms with E-state index in [2.05, 4.69) is 0 Å². The second-order valence-electron chi connectivity index (χ2n) is 5.46. The van der Waals surface area contributed by atoms with Gasteiger partial charge in [0.15, 0.2) is 0 Å². The maximum Gasteiger partial charge on any atom is 0.0724 e. The van der Waals surface area contributed by atoms with Crippen molar-refractivity contribution in [3.05, 3.63) is 0 Å². The number of rotatable bonds is 1. The Balaban J connectivity index is 1.73. The summed E-state index contributed by atoms with van der Waals surface area (Å²) in [5.74, 6) is 1.96. The fraction of sp³-hybridized carbons (Fsp3) is 1.00. The molecule has 2 bridgehead atoms. The van der Waals surface area contributed by atoms with Crippen LogP contribution in [0.2, 0.25) is 0 Å². The summed E-state index contributed by atoms with van der Waals surface area (Å²) in [6.07, 6.45) is 9.97. The van der Waals surface area contributed by atoms with Gasteiger partial charge in [0.05, 0.1) is 11.2 Å². The smallest absolute Gasteiger partial charge is 0.0724 e. The van der Waals surface area contributed by atoms with Crippen molar-refractivity contribution in [1.82, 2.24) is 0 Å². The second-order valence-corrected chi connectivity index (χ2v) is 5.46. The fourth-order valence-corrected chi connectivity index (χ4v) is 3.87. The third-order valence-electron chi connectivity index (χ3n) is 4.70. The van der Waals surface area contributed by atoms with Gasteiger partial charge in [0, 0.05) is 0 Å². The van der Waals surface area contributed by atoms with Crippen LogP contribution in [-0.4, -0.2) is 11.2 Å². The van der Waals surface area contributed by atoms with Crippen molar-refractivity contribution in [3.8, 4) is 0 Å². The molecule has 0 radical (unpaired) electrons. The summed E-state index contributed by atoms with van der Waals surface area (Å²) in [5.41, 5.74) is 0.863. The summed E-state index contributed by atoms with van der Waals surface area (Å²) in [4.78, 5) is 0. The van der Waals surface area contributed by atoms with Crippen molar-refractivity contribution in [2.24, 2.45) is 11.8 Å². The third kappa shape index (κ3) is 0.585. The van der Waals surface area contributed by atoms with Crippen LogP contribution < -0.4 is 0 Å². The Morgan fingerprint density at radius 3 is 2.25 bits per heavy atom. The molecule has 2 saturated carbocycles. The molecule has 2 saturated heterocycles. The highest BCUT2D eigenvalue weighted by atomic mass is 16.5. The average molecular weight is 164 g/mol. The largest absolute Gasteiger partial charge is 0.368 e. The number of ether oxygens (including phenoxy) is 1. The highest BCUT2D eigenvalue weighted by Crippen LogP contribution is 2.70. The van der Waals surface area contributed by atoms with Crippen molar-refractivity contribution in [2.75, 3.05) is 0 Å². The maximum atomic E-state index is 6.37. The Morgan fingerprint density at radius 2 is 1.58 bits per heavy atom. The van der Waals surface area contributed by atoms with Crippen LogP contribution in [0.3, 0.4) is 0 Å². The van der Waals surface area contributed by atoms with E-state index in [9.17, 15) is 0 Å². The predicted octanol–water partition coefficient (Wildman–Crippen LogP) is 2.50. The van der Waals surface area contributed by atoms with E-state index in [4.69, 9.17) is 4.74 Å². The molecule has 1 nitrogen and oxygen atoms in total. The summed E-state index contributed by atoms with van der Waals surface area (Å²) >= 11 is 0. The lowest BCUT2D eigenvalue weighted by Gasteiger charge is -2.37. The number of fused-ring (bicyclic) bond motifs is 1. The highest BCUT2D eigenvalue weighted by molar-refractivity contribution is 5.20. The number of hydrogen-bond acceptors (Lipinski definition) is 1. The summed E-state index contributed by atoms with van der Waals surface area (Å²) in [5, 5.41) is 0. The molecule has 1 spiro atoms. The Kier molecular flexibility index (Phi) is 0.863. The normalized spacial score (nSPS) is 61.5. The topological polar surface area (TPSA) is 9.23 Å². The molecule has 0 aromatic carbocycles. The summed E-state index contributed by atoms with van der Waals surface area (Å²) in [6.45, 7) is 0. The SMILES string of the molecule is C1C[C@]2(C3CC3)C[C@H]3C[C@@]3(C1)O2. The van der Waals surface area contributed by atoms with Crippen LogP contribution in [0.5, 0.6) is 0 Å². The molecule has 2 heterocycles. The van der Waals surface area contributed by atoms with Crippen molar-refractivity contribution in [1.29, 1.82) is 0 Å². The minimum Gasteiger partial charge on any atom is -0.368 e. The lowest BCUT2D eigenvalue weighted by atomic mass is 9.87.